The van der Waals surface area contributed by atoms with Crippen molar-refractivity contribution in [2.24, 2.45) is 5.73 Å². The molecule has 5 heteroatoms. The molecule has 0 bridgehead atoms. The summed E-state index contributed by atoms with van der Waals surface area (Å²) >= 11 is 9.08. The number of hydrogen-bond acceptors (Lipinski definition) is 4. The molecule has 2 heterocycles. The van der Waals surface area contributed by atoms with Crippen LogP contribution in [-0.4, -0.2) is 4.98 Å². The number of thiazole rings is 1. The smallest absolute Gasteiger partial charge is 0.135 e. The Morgan fingerprint density at radius 1 is 1.54 bits per heavy atom. The van der Waals surface area contributed by atoms with Crippen molar-refractivity contribution in [2.75, 3.05) is 0 Å². The van der Waals surface area contributed by atoms with Gasteiger partial charge < -0.3 is 5.73 Å². The van der Waals surface area contributed by atoms with E-state index in [-0.39, 0.29) is 0 Å². The Kier molecular flexibility index (Phi) is 2.64. The fraction of sp³-hybridized carbons (Fsp3) is 0.125. The van der Waals surface area contributed by atoms with Crippen LogP contribution in [0, 0.1) is 0 Å². The average Bonchev–Trinajstić information content (AvgIpc) is 2.71. The van der Waals surface area contributed by atoms with Gasteiger partial charge in [0.1, 0.15) is 9.34 Å². The highest BCUT2D eigenvalue weighted by molar-refractivity contribution is 7.23. The van der Waals surface area contributed by atoms with Crippen LogP contribution in [0.5, 0.6) is 0 Å². The second-order valence-electron chi connectivity index (χ2n) is 2.42. The van der Waals surface area contributed by atoms with Gasteiger partial charge in [0.25, 0.3) is 0 Å². The Hall–Kier alpha value is -0.420. The van der Waals surface area contributed by atoms with Gasteiger partial charge in [-0.25, -0.2) is 4.98 Å². The van der Waals surface area contributed by atoms with E-state index in [1.54, 1.807) is 11.3 Å². The third-order valence-electron chi connectivity index (χ3n) is 1.57. The molecule has 2 N–H and O–H groups in total. The van der Waals surface area contributed by atoms with Gasteiger partial charge in [0.2, 0.25) is 0 Å². The number of nitrogens with two attached hydrogens (primary N) is 1. The molecular weight excluding hydrogens is 224 g/mol. The first-order valence-electron chi connectivity index (χ1n) is 3.70. The van der Waals surface area contributed by atoms with Gasteiger partial charge in [0, 0.05) is 6.54 Å². The molecule has 0 aliphatic rings. The molecule has 0 amide bonds. The summed E-state index contributed by atoms with van der Waals surface area (Å²) in [5, 5.41) is 2.98. The van der Waals surface area contributed by atoms with Gasteiger partial charge in [-0.3, -0.25) is 0 Å². The van der Waals surface area contributed by atoms with Crippen LogP contribution in [0.25, 0.3) is 9.88 Å². The number of halogens is 1. The highest BCUT2D eigenvalue weighted by atomic mass is 35.5. The molecule has 2 aromatic heterocycles. The van der Waals surface area contributed by atoms with E-state index >= 15 is 0 Å². The number of thiophene rings is 1. The lowest BCUT2D eigenvalue weighted by Crippen LogP contribution is -1.96. The molecule has 2 nitrogen and oxygen atoms in total. The number of hydrogen-bond donors (Lipinski definition) is 1. The van der Waals surface area contributed by atoms with Crippen LogP contribution in [-0.2, 0) is 6.54 Å². The molecule has 13 heavy (non-hydrogen) atoms. The van der Waals surface area contributed by atoms with E-state index in [1.807, 2.05) is 17.5 Å². The van der Waals surface area contributed by atoms with Crippen molar-refractivity contribution in [3.63, 3.8) is 0 Å². The first-order chi connectivity index (χ1) is 6.31. The van der Waals surface area contributed by atoms with Crippen molar-refractivity contribution in [1.82, 2.24) is 4.98 Å². The monoisotopic (exact) mass is 230 g/mol. The van der Waals surface area contributed by atoms with Gasteiger partial charge in [-0.1, -0.05) is 17.7 Å². The van der Waals surface area contributed by atoms with E-state index in [9.17, 15) is 0 Å². The Morgan fingerprint density at radius 2 is 2.38 bits per heavy atom. The molecular formula is C8H7ClN2S2. The number of nitrogens with zero attached hydrogens (tertiary/aromatic N) is 1. The normalized spacial score (nSPS) is 10.6. The van der Waals surface area contributed by atoms with Gasteiger partial charge in [0.05, 0.1) is 10.6 Å². The maximum absolute atomic E-state index is 5.94. The first-order valence-corrected chi connectivity index (χ1v) is 5.78. The molecule has 0 aliphatic heterocycles. The minimum absolute atomic E-state index is 0.403. The summed E-state index contributed by atoms with van der Waals surface area (Å²) in [7, 11) is 0. The SMILES string of the molecule is NCc1nc(-c2cccs2)sc1Cl. The molecule has 68 valence electrons. The predicted octanol–water partition coefficient (Wildman–Crippen LogP) is 2.98. The molecule has 2 rings (SSSR count). The van der Waals surface area contributed by atoms with Gasteiger partial charge >= 0.3 is 0 Å². The zero-order valence-electron chi connectivity index (χ0n) is 6.66. The second-order valence-corrected chi connectivity index (χ2v) is 4.97. The van der Waals surface area contributed by atoms with Gasteiger partial charge in [0.15, 0.2) is 0 Å². The summed E-state index contributed by atoms with van der Waals surface area (Å²) in [4.78, 5) is 5.49. The number of rotatable bonds is 2. The molecule has 0 fully saturated rings. The van der Waals surface area contributed by atoms with E-state index < -0.39 is 0 Å². The van der Waals surface area contributed by atoms with E-state index in [0.717, 1.165) is 15.6 Å². The third kappa shape index (κ3) is 1.76. The Morgan fingerprint density at radius 3 is 2.92 bits per heavy atom. The molecule has 0 aromatic carbocycles. The van der Waals surface area contributed by atoms with Crippen molar-refractivity contribution < 1.29 is 0 Å². The van der Waals surface area contributed by atoms with Gasteiger partial charge in [-0.15, -0.1) is 22.7 Å². The maximum atomic E-state index is 5.94. The van der Waals surface area contributed by atoms with Crippen LogP contribution in [0.15, 0.2) is 17.5 Å². The summed E-state index contributed by atoms with van der Waals surface area (Å²) < 4.78 is 0.700. The molecule has 2 aromatic rings. The van der Waals surface area contributed by atoms with Crippen molar-refractivity contribution in [3.05, 3.63) is 27.5 Å². The standard InChI is InChI=1S/C8H7ClN2S2/c9-7-5(4-10)11-8(13-7)6-2-1-3-12-6/h1-3H,4,10H2. The lowest BCUT2D eigenvalue weighted by molar-refractivity contribution is 1.01. The summed E-state index contributed by atoms with van der Waals surface area (Å²) in [5.41, 5.74) is 6.27. The van der Waals surface area contributed by atoms with Crippen molar-refractivity contribution >= 4 is 34.3 Å². The van der Waals surface area contributed by atoms with Crippen molar-refractivity contribution in [1.29, 1.82) is 0 Å². The van der Waals surface area contributed by atoms with E-state index in [2.05, 4.69) is 4.98 Å². The number of aromatic nitrogens is 1. The van der Waals surface area contributed by atoms with Gasteiger partial charge in [-0.05, 0) is 11.4 Å². The minimum atomic E-state index is 0.403. The third-order valence-corrected chi connectivity index (χ3v) is 3.95. The lowest BCUT2D eigenvalue weighted by Gasteiger charge is -1.86. The van der Waals surface area contributed by atoms with Crippen molar-refractivity contribution in [3.8, 4) is 9.88 Å². The second kappa shape index (κ2) is 3.75. The van der Waals surface area contributed by atoms with Crippen LogP contribution in [0.2, 0.25) is 4.34 Å². The first kappa shape index (κ1) is 9.15. The highest BCUT2D eigenvalue weighted by Crippen LogP contribution is 2.33. The zero-order valence-corrected chi connectivity index (χ0v) is 9.05. The van der Waals surface area contributed by atoms with E-state index in [1.165, 1.54) is 11.3 Å². The highest BCUT2D eigenvalue weighted by Gasteiger charge is 2.09. The summed E-state index contributed by atoms with van der Waals surface area (Å²) in [5.74, 6) is 0. The fourth-order valence-corrected chi connectivity index (χ4v) is 2.92. The van der Waals surface area contributed by atoms with Crippen LogP contribution in [0.1, 0.15) is 5.69 Å². The van der Waals surface area contributed by atoms with Crippen LogP contribution in [0.3, 0.4) is 0 Å². The average molecular weight is 231 g/mol. The molecule has 0 spiro atoms. The molecule has 0 atom stereocenters. The topological polar surface area (TPSA) is 38.9 Å². The molecule has 0 saturated carbocycles. The lowest BCUT2D eigenvalue weighted by atomic mass is 10.4. The van der Waals surface area contributed by atoms with Crippen LogP contribution < -0.4 is 5.73 Å². The Balaban J connectivity index is 2.43. The summed E-state index contributed by atoms with van der Waals surface area (Å²) in [6.45, 7) is 0.403. The largest absolute Gasteiger partial charge is 0.325 e. The Labute approximate surface area is 89.0 Å². The quantitative estimate of drug-likeness (QED) is 0.862. The Bertz CT molecular complexity index is 394. The zero-order chi connectivity index (χ0) is 9.26. The predicted molar refractivity (Wildman–Crippen MR) is 58.3 cm³/mol. The van der Waals surface area contributed by atoms with Gasteiger partial charge in [-0.2, -0.15) is 0 Å². The van der Waals surface area contributed by atoms with E-state index in [4.69, 9.17) is 17.3 Å². The molecule has 0 saturated heterocycles. The van der Waals surface area contributed by atoms with Crippen LogP contribution >= 0.6 is 34.3 Å². The molecule has 0 aliphatic carbocycles. The summed E-state index contributed by atoms with van der Waals surface area (Å²) in [6.07, 6.45) is 0. The maximum Gasteiger partial charge on any atom is 0.135 e. The molecule has 0 unspecified atom stereocenters. The van der Waals surface area contributed by atoms with Crippen LogP contribution in [0.4, 0.5) is 0 Å². The molecule has 0 radical (unpaired) electrons. The van der Waals surface area contributed by atoms with Crippen molar-refractivity contribution in [2.45, 2.75) is 6.54 Å². The van der Waals surface area contributed by atoms with E-state index in [0.29, 0.717) is 10.9 Å². The minimum Gasteiger partial charge on any atom is -0.325 e. The summed E-state index contributed by atoms with van der Waals surface area (Å²) in [6, 6.07) is 4.03. The fourth-order valence-electron chi connectivity index (χ4n) is 0.965.